The average molecular weight is 368 g/mol. The third kappa shape index (κ3) is 3.24. The molecule has 0 amide bonds. The molecule has 2 aromatic heterocycles. The van der Waals surface area contributed by atoms with E-state index in [1.807, 2.05) is 19.1 Å². The van der Waals surface area contributed by atoms with Crippen LogP contribution in [-0.2, 0) is 6.18 Å². The molecule has 2 N–H and O–H groups in total. The second-order valence-corrected chi connectivity index (χ2v) is 6.86. The van der Waals surface area contributed by atoms with Crippen molar-refractivity contribution in [3.05, 3.63) is 38.8 Å². The van der Waals surface area contributed by atoms with E-state index in [0.29, 0.717) is 6.42 Å². The summed E-state index contributed by atoms with van der Waals surface area (Å²) in [5, 5.41) is 3.85. The zero-order chi connectivity index (χ0) is 14.9. The molecule has 2 aromatic rings. The van der Waals surface area contributed by atoms with Gasteiger partial charge in [-0.1, -0.05) is 6.92 Å². The van der Waals surface area contributed by atoms with Crippen LogP contribution in [0.5, 0.6) is 0 Å². The smallest absolute Gasteiger partial charge is 0.326 e. The first-order valence-electron chi connectivity index (χ1n) is 5.95. The van der Waals surface area contributed by atoms with E-state index < -0.39 is 17.8 Å². The number of alkyl halides is 3. The zero-order valence-corrected chi connectivity index (χ0v) is 13.0. The number of hydrogen-bond donors (Lipinski definition) is 1. The van der Waals surface area contributed by atoms with E-state index in [4.69, 9.17) is 5.73 Å². The van der Waals surface area contributed by atoms with Crippen LogP contribution in [0.15, 0.2) is 28.3 Å². The minimum Gasteiger partial charge on any atom is -0.326 e. The van der Waals surface area contributed by atoms with E-state index in [-0.39, 0.29) is 6.04 Å². The first kappa shape index (κ1) is 15.5. The minimum absolute atomic E-state index is 0.304. The molecule has 0 aliphatic carbocycles. The quantitative estimate of drug-likeness (QED) is 0.885. The maximum atomic E-state index is 12.7. The Balaban J connectivity index is 2.39. The van der Waals surface area contributed by atoms with Crippen molar-refractivity contribution in [1.82, 2.24) is 9.78 Å². The lowest BCUT2D eigenvalue weighted by Gasteiger charge is -2.22. The van der Waals surface area contributed by atoms with Crippen LogP contribution in [0.3, 0.4) is 0 Å². The molecule has 0 fully saturated rings. The van der Waals surface area contributed by atoms with Crippen LogP contribution in [0.1, 0.15) is 29.8 Å². The van der Waals surface area contributed by atoms with E-state index in [2.05, 4.69) is 21.0 Å². The molecule has 0 aliphatic heterocycles. The van der Waals surface area contributed by atoms with E-state index in [9.17, 15) is 13.2 Å². The van der Waals surface area contributed by atoms with Crippen LogP contribution in [0.2, 0.25) is 0 Å². The maximum Gasteiger partial charge on any atom is 0.419 e. The van der Waals surface area contributed by atoms with Gasteiger partial charge in [0.05, 0.1) is 15.5 Å². The summed E-state index contributed by atoms with van der Waals surface area (Å²) in [6.07, 6.45) is -1.91. The van der Waals surface area contributed by atoms with Crippen molar-refractivity contribution in [1.29, 1.82) is 0 Å². The van der Waals surface area contributed by atoms with Gasteiger partial charge in [-0.15, -0.1) is 11.3 Å². The highest BCUT2D eigenvalue weighted by atomic mass is 79.9. The van der Waals surface area contributed by atoms with Gasteiger partial charge in [0.25, 0.3) is 0 Å². The normalized spacial score (nSPS) is 15.3. The number of rotatable bonds is 4. The van der Waals surface area contributed by atoms with E-state index in [0.717, 1.165) is 21.1 Å². The van der Waals surface area contributed by atoms with Gasteiger partial charge in [0.1, 0.15) is 6.04 Å². The van der Waals surface area contributed by atoms with Crippen molar-refractivity contribution in [2.75, 3.05) is 0 Å². The van der Waals surface area contributed by atoms with Gasteiger partial charge >= 0.3 is 6.18 Å². The molecule has 110 valence electrons. The van der Waals surface area contributed by atoms with Gasteiger partial charge in [0.2, 0.25) is 0 Å². The Morgan fingerprint density at radius 3 is 2.60 bits per heavy atom. The molecule has 0 radical (unpaired) electrons. The summed E-state index contributed by atoms with van der Waals surface area (Å²) in [5.41, 5.74) is 5.30. The van der Waals surface area contributed by atoms with Crippen LogP contribution < -0.4 is 5.73 Å². The number of aromatic nitrogens is 2. The van der Waals surface area contributed by atoms with Gasteiger partial charge in [-0.3, -0.25) is 4.68 Å². The van der Waals surface area contributed by atoms with Gasteiger partial charge in [-0.05, 0) is 34.5 Å². The van der Waals surface area contributed by atoms with Crippen molar-refractivity contribution in [3.8, 4) is 0 Å². The van der Waals surface area contributed by atoms with Crippen molar-refractivity contribution < 1.29 is 13.2 Å². The van der Waals surface area contributed by atoms with Crippen LogP contribution in [0.25, 0.3) is 0 Å². The van der Waals surface area contributed by atoms with E-state index >= 15 is 0 Å². The number of nitrogens with zero attached hydrogens (tertiary/aromatic N) is 2. The van der Waals surface area contributed by atoms with Crippen LogP contribution in [-0.4, -0.2) is 15.8 Å². The highest BCUT2D eigenvalue weighted by Crippen LogP contribution is 2.34. The third-order valence-corrected chi connectivity index (χ3v) is 4.67. The standard InChI is InChI=1S/C12H13BrF3N3S/c1-2-8(17)11(9-3-4-10(13)20-9)19-6-7(5-18-19)12(14,15)16/h3-6,8,11H,2,17H2,1H3. The Morgan fingerprint density at radius 2 is 2.15 bits per heavy atom. The van der Waals surface area contributed by atoms with Gasteiger partial charge in [-0.2, -0.15) is 18.3 Å². The Morgan fingerprint density at radius 1 is 1.45 bits per heavy atom. The van der Waals surface area contributed by atoms with Crippen LogP contribution >= 0.6 is 27.3 Å². The first-order valence-corrected chi connectivity index (χ1v) is 7.56. The molecule has 3 nitrogen and oxygen atoms in total. The highest BCUT2D eigenvalue weighted by molar-refractivity contribution is 9.11. The summed E-state index contributed by atoms with van der Waals surface area (Å²) < 4.78 is 40.2. The van der Waals surface area contributed by atoms with E-state index in [1.54, 1.807) is 0 Å². The summed E-state index contributed by atoms with van der Waals surface area (Å²) in [7, 11) is 0. The number of halogens is 4. The lowest BCUT2D eigenvalue weighted by molar-refractivity contribution is -0.137. The third-order valence-electron chi connectivity index (χ3n) is 2.98. The Bertz CT molecular complexity index is 579. The lowest BCUT2D eigenvalue weighted by atomic mass is 10.1. The summed E-state index contributed by atoms with van der Waals surface area (Å²) in [5.74, 6) is 0. The van der Waals surface area contributed by atoms with Crippen LogP contribution in [0, 0.1) is 0 Å². The molecule has 2 atom stereocenters. The molecule has 0 bridgehead atoms. The molecular formula is C12H13BrF3N3S. The number of nitrogens with two attached hydrogens (primary N) is 1. The second kappa shape index (κ2) is 5.87. The number of thiophene rings is 1. The van der Waals surface area contributed by atoms with Gasteiger partial charge < -0.3 is 5.73 Å². The number of hydrogen-bond acceptors (Lipinski definition) is 3. The van der Waals surface area contributed by atoms with Gasteiger partial charge in [-0.25, -0.2) is 0 Å². The molecule has 0 aromatic carbocycles. The van der Waals surface area contributed by atoms with Crippen molar-refractivity contribution >= 4 is 27.3 Å². The monoisotopic (exact) mass is 367 g/mol. The van der Waals surface area contributed by atoms with Crippen molar-refractivity contribution in [2.24, 2.45) is 5.73 Å². The SMILES string of the molecule is CCC(N)C(c1ccc(Br)s1)n1cc(C(F)(F)F)cn1. The molecule has 0 spiro atoms. The fourth-order valence-corrected chi connectivity index (χ4v) is 3.48. The molecule has 2 heterocycles. The van der Waals surface area contributed by atoms with Crippen LogP contribution in [0.4, 0.5) is 13.2 Å². The van der Waals surface area contributed by atoms with E-state index in [1.165, 1.54) is 16.0 Å². The Kier molecular flexibility index (Phi) is 4.55. The molecule has 0 saturated carbocycles. The highest BCUT2D eigenvalue weighted by Gasteiger charge is 2.33. The zero-order valence-electron chi connectivity index (χ0n) is 10.6. The fraction of sp³-hybridized carbons (Fsp3) is 0.417. The average Bonchev–Trinajstić information content (AvgIpc) is 2.98. The van der Waals surface area contributed by atoms with Gasteiger partial charge in [0.15, 0.2) is 0 Å². The lowest BCUT2D eigenvalue weighted by Crippen LogP contribution is -2.32. The Labute approximate surface area is 126 Å². The molecule has 20 heavy (non-hydrogen) atoms. The first-order chi connectivity index (χ1) is 9.32. The summed E-state index contributed by atoms with van der Waals surface area (Å²) >= 11 is 4.79. The largest absolute Gasteiger partial charge is 0.419 e. The molecule has 0 saturated heterocycles. The predicted octanol–water partition coefficient (Wildman–Crippen LogP) is 4.05. The topological polar surface area (TPSA) is 43.8 Å². The maximum absolute atomic E-state index is 12.7. The Hall–Kier alpha value is -0.860. The molecule has 0 aliphatic rings. The summed E-state index contributed by atoms with van der Waals surface area (Å²) in [4.78, 5) is 0.878. The second-order valence-electron chi connectivity index (χ2n) is 4.37. The molecule has 8 heteroatoms. The summed E-state index contributed by atoms with van der Waals surface area (Å²) in [6.45, 7) is 1.90. The van der Waals surface area contributed by atoms with Gasteiger partial charge in [0, 0.05) is 17.1 Å². The fourth-order valence-electron chi connectivity index (χ4n) is 1.88. The summed E-state index contributed by atoms with van der Waals surface area (Å²) in [6, 6.07) is 3.00. The molecular weight excluding hydrogens is 355 g/mol. The molecule has 2 rings (SSSR count). The van der Waals surface area contributed by atoms with Crippen molar-refractivity contribution in [2.45, 2.75) is 31.6 Å². The predicted molar refractivity (Wildman–Crippen MR) is 75.7 cm³/mol. The molecule has 2 unspecified atom stereocenters. The minimum atomic E-state index is -4.39. The van der Waals surface area contributed by atoms with Crippen molar-refractivity contribution in [3.63, 3.8) is 0 Å².